The Balaban J connectivity index is 1.97. The van der Waals surface area contributed by atoms with Crippen LogP contribution in [0.4, 0.5) is 0 Å². The van der Waals surface area contributed by atoms with Crippen molar-refractivity contribution in [3.05, 3.63) is 43.8 Å². The highest BCUT2D eigenvalue weighted by Gasteiger charge is 2.38. The van der Waals surface area contributed by atoms with Crippen LogP contribution in [0.1, 0.15) is 33.7 Å². The lowest BCUT2D eigenvalue weighted by atomic mass is 9.84. The molecule has 0 aromatic carbocycles. The van der Waals surface area contributed by atoms with E-state index in [2.05, 4.69) is 41.9 Å². The second kappa shape index (κ2) is 5.60. The number of thiophene rings is 2. The highest BCUT2D eigenvalue weighted by atomic mass is 32.1. The summed E-state index contributed by atoms with van der Waals surface area (Å²) in [5.41, 5.74) is 1.52. The van der Waals surface area contributed by atoms with Gasteiger partial charge in [0.1, 0.15) is 5.60 Å². The van der Waals surface area contributed by atoms with Crippen molar-refractivity contribution in [2.45, 2.75) is 31.3 Å². The third kappa shape index (κ3) is 2.46. The van der Waals surface area contributed by atoms with E-state index < -0.39 is 5.60 Å². The Morgan fingerprint density at radius 3 is 2.15 bits per heavy atom. The minimum Gasteiger partial charge on any atom is -0.380 e. The first-order valence-corrected chi connectivity index (χ1v) is 8.88. The van der Waals surface area contributed by atoms with Crippen molar-refractivity contribution in [1.29, 1.82) is 0 Å². The molecule has 2 heterocycles. The molecule has 2 aromatic rings. The molecule has 20 heavy (non-hydrogen) atoms. The van der Waals surface area contributed by atoms with E-state index >= 15 is 0 Å². The van der Waals surface area contributed by atoms with Crippen LogP contribution in [0, 0.1) is 0 Å². The lowest BCUT2D eigenvalue weighted by Crippen LogP contribution is -2.28. The lowest BCUT2D eigenvalue weighted by Gasteiger charge is -2.29. The summed E-state index contributed by atoms with van der Waals surface area (Å²) >= 11 is 3.58. The van der Waals surface area contributed by atoms with E-state index in [0.717, 1.165) is 43.4 Å². The van der Waals surface area contributed by atoms with Crippen LogP contribution < -0.4 is 0 Å². The van der Waals surface area contributed by atoms with Crippen LogP contribution in [-0.4, -0.2) is 30.6 Å². The fourth-order valence-electron chi connectivity index (χ4n) is 3.10. The summed E-state index contributed by atoms with van der Waals surface area (Å²) in [5, 5.41) is 15.7. The predicted octanol–water partition coefficient (Wildman–Crippen LogP) is 3.49. The molecule has 0 saturated carbocycles. The molecule has 4 heteroatoms. The number of nitrogens with zero attached hydrogens (tertiary/aromatic N) is 1. The van der Waals surface area contributed by atoms with E-state index in [0.29, 0.717) is 0 Å². The molecule has 1 aliphatic rings. The van der Waals surface area contributed by atoms with Gasteiger partial charge in [-0.05, 0) is 69.2 Å². The first kappa shape index (κ1) is 14.3. The third-order valence-corrected chi connectivity index (χ3v) is 6.07. The molecule has 0 amide bonds. The highest BCUT2D eigenvalue weighted by Crippen LogP contribution is 2.44. The average molecular weight is 307 g/mol. The largest absolute Gasteiger partial charge is 0.380 e. The lowest BCUT2D eigenvalue weighted by molar-refractivity contribution is 0.0668. The van der Waals surface area contributed by atoms with Gasteiger partial charge < -0.3 is 10.0 Å². The Bertz CT molecular complexity index is 543. The van der Waals surface area contributed by atoms with Crippen molar-refractivity contribution in [3.8, 4) is 0 Å². The van der Waals surface area contributed by atoms with Crippen LogP contribution in [0.25, 0.3) is 0 Å². The van der Waals surface area contributed by atoms with Gasteiger partial charge in [0.05, 0.1) is 0 Å². The molecule has 0 saturated heterocycles. The van der Waals surface area contributed by atoms with Crippen LogP contribution in [0.2, 0.25) is 0 Å². The van der Waals surface area contributed by atoms with Crippen LogP contribution in [0.5, 0.6) is 0 Å². The van der Waals surface area contributed by atoms with Crippen molar-refractivity contribution in [3.63, 3.8) is 0 Å². The maximum Gasteiger partial charge on any atom is 0.117 e. The zero-order valence-electron chi connectivity index (χ0n) is 12.1. The molecule has 2 nitrogen and oxygen atoms in total. The molecular formula is C16H21NOS2. The summed E-state index contributed by atoms with van der Waals surface area (Å²) in [6.45, 7) is 1.02. The average Bonchev–Trinajstić information content (AvgIpc) is 3.03. The fourth-order valence-corrected chi connectivity index (χ4v) is 5.00. The Labute approximate surface area is 128 Å². The van der Waals surface area contributed by atoms with Crippen LogP contribution >= 0.6 is 22.7 Å². The zero-order valence-corrected chi connectivity index (χ0v) is 13.7. The number of aryl methyl sites for hydroxylation is 2. The van der Waals surface area contributed by atoms with E-state index in [1.165, 1.54) is 9.75 Å². The minimum atomic E-state index is -0.781. The molecule has 1 N–H and O–H groups in total. The zero-order chi connectivity index (χ0) is 14.2. The van der Waals surface area contributed by atoms with Gasteiger partial charge >= 0.3 is 0 Å². The predicted molar refractivity (Wildman–Crippen MR) is 86.8 cm³/mol. The summed E-state index contributed by atoms with van der Waals surface area (Å²) < 4.78 is 0. The molecule has 0 unspecified atom stereocenters. The molecule has 108 valence electrons. The molecule has 3 rings (SSSR count). The van der Waals surface area contributed by atoms with Gasteiger partial charge in [-0.2, -0.15) is 0 Å². The third-order valence-electron chi connectivity index (χ3n) is 4.11. The number of hydrogen-bond acceptors (Lipinski definition) is 4. The topological polar surface area (TPSA) is 23.5 Å². The number of aliphatic hydroxyl groups is 1. The fraction of sp³-hybridized carbons (Fsp3) is 0.500. The Hall–Kier alpha value is -0.680. The van der Waals surface area contributed by atoms with E-state index in [4.69, 9.17) is 0 Å². The van der Waals surface area contributed by atoms with Gasteiger partial charge in [-0.3, -0.25) is 0 Å². The van der Waals surface area contributed by atoms with Crippen molar-refractivity contribution in [2.24, 2.45) is 0 Å². The van der Waals surface area contributed by atoms with Crippen molar-refractivity contribution < 1.29 is 5.11 Å². The van der Waals surface area contributed by atoms with Gasteiger partial charge in [-0.1, -0.05) is 0 Å². The van der Waals surface area contributed by atoms with Gasteiger partial charge in [-0.15, -0.1) is 22.7 Å². The van der Waals surface area contributed by atoms with Crippen LogP contribution in [0.15, 0.2) is 22.9 Å². The Kier molecular flexibility index (Phi) is 4.00. The first-order valence-electron chi connectivity index (χ1n) is 7.12. The van der Waals surface area contributed by atoms with Gasteiger partial charge in [0.15, 0.2) is 0 Å². The second-order valence-electron chi connectivity index (χ2n) is 5.78. The normalized spacial score (nSPS) is 16.8. The highest BCUT2D eigenvalue weighted by molar-refractivity contribution is 7.10. The summed E-state index contributed by atoms with van der Waals surface area (Å²) in [7, 11) is 4.17. The maximum absolute atomic E-state index is 11.4. The summed E-state index contributed by atoms with van der Waals surface area (Å²) in [5.74, 6) is 0. The van der Waals surface area contributed by atoms with E-state index in [9.17, 15) is 5.11 Å². The van der Waals surface area contributed by atoms with Crippen LogP contribution in [-0.2, 0) is 18.4 Å². The van der Waals surface area contributed by atoms with E-state index in [-0.39, 0.29) is 0 Å². The van der Waals surface area contributed by atoms with Gasteiger partial charge in [-0.25, -0.2) is 0 Å². The molecule has 0 aliphatic heterocycles. The molecule has 0 fully saturated rings. The number of rotatable bonds is 4. The summed E-state index contributed by atoms with van der Waals surface area (Å²) in [6, 6.07) is 4.25. The first-order chi connectivity index (χ1) is 9.61. The second-order valence-corrected chi connectivity index (χ2v) is 7.78. The smallest absolute Gasteiger partial charge is 0.117 e. The minimum absolute atomic E-state index is 0.781. The molecule has 0 atom stereocenters. The molecular weight excluding hydrogens is 286 g/mol. The molecule has 2 aromatic heterocycles. The number of fused-ring (bicyclic) bond motifs is 2. The monoisotopic (exact) mass is 307 g/mol. The van der Waals surface area contributed by atoms with Crippen LogP contribution in [0.3, 0.4) is 0 Å². The number of hydrogen-bond donors (Lipinski definition) is 1. The Morgan fingerprint density at radius 1 is 1.10 bits per heavy atom. The van der Waals surface area contributed by atoms with Crippen molar-refractivity contribution in [2.75, 3.05) is 20.6 Å². The standard InChI is InChI=1S/C16H21NOS2/c1-17(2)9-3-8-16(18)12-6-10-19-14(12)4-5-15-13(16)7-11-20-15/h6-7,10-11,18H,3-5,8-9H2,1-2H3. The van der Waals surface area contributed by atoms with E-state index in [1.54, 1.807) is 22.7 Å². The van der Waals surface area contributed by atoms with Gasteiger partial charge in [0.25, 0.3) is 0 Å². The molecule has 0 spiro atoms. The molecule has 0 radical (unpaired) electrons. The quantitative estimate of drug-likeness (QED) is 0.935. The summed E-state index contributed by atoms with van der Waals surface area (Å²) in [4.78, 5) is 4.91. The van der Waals surface area contributed by atoms with Gasteiger partial charge in [0, 0.05) is 20.9 Å². The van der Waals surface area contributed by atoms with Crippen molar-refractivity contribution >= 4 is 22.7 Å². The molecule has 1 aliphatic carbocycles. The Morgan fingerprint density at radius 2 is 1.65 bits per heavy atom. The van der Waals surface area contributed by atoms with Gasteiger partial charge in [0.2, 0.25) is 0 Å². The molecule has 0 bridgehead atoms. The van der Waals surface area contributed by atoms with E-state index in [1.807, 2.05) is 0 Å². The van der Waals surface area contributed by atoms with Crippen molar-refractivity contribution in [1.82, 2.24) is 4.90 Å². The summed E-state index contributed by atoms with van der Waals surface area (Å²) in [6.07, 6.45) is 3.94. The SMILES string of the molecule is CN(C)CCCC1(O)c2ccsc2CCc2sccc21. The maximum atomic E-state index is 11.4.